The summed E-state index contributed by atoms with van der Waals surface area (Å²) in [4.78, 5) is 0. The molecule has 2 nitrogen and oxygen atoms in total. The summed E-state index contributed by atoms with van der Waals surface area (Å²) in [6.07, 6.45) is 2.07. The fourth-order valence-corrected chi connectivity index (χ4v) is 3.27. The molecule has 0 aliphatic heterocycles. The van der Waals surface area contributed by atoms with E-state index in [1.807, 2.05) is 37.3 Å². The first-order valence-corrected chi connectivity index (χ1v) is 8.91. The Morgan fingerprint density at radius 1 is 1.04 bits per heavy atom. The largest absolute Gasteiger partial charge is 0.347 e. The SMILES string of the molecule is Cc1ccccc1-c1cc2c(cc1F)c(CN)cn2CC(C)(C)C.FCF. The summed E-state index contributed by atoms with van der Waals surface area (Å²) in [5, 5.41) is 0.914. The van der Waals surface area contributed by atoms with Crippen molar-refractivity contribution >= 4 is 10.9 Å². The quantitative estimate of drug-likeness (QED) is 0.584. The van der Waals surface area contributed by atoms with Gasteiger partial charge in [-0.05, 0) is 41.2 Å². The molecule has 0 saturated heterocycles. The molecule has 0 bridgehead atoms. The van der Waals surface area contributed by atoms with Crippen LogP contribution < -0.4 is 5.73 Å². The maximum atomic E-state index is 14.8. The van der Waals surface area contributed by atoms with Crippen LogP contribution in [0.5, 0.6) is 0 Å². The van der Waals surface area contributed by atoms with Crippen LogP contribution in [0.4, 0.5) is 13.2 Å². The fourth-order valence-electron chi connectivity index (χ4n) is 3.27. The highest BCUT2D eigenvalue weighted by molar-refractivity contribution is 5.89. The molecule has 0 aliphatic carbocycles. The summed E-state index contributed by atoms with van der Waals surface area (Å²) in [6, 6.07) is 11.5. The smallest absolute Gasteiger partial charge is 0.229 e. The number of hydrogen-bond donors (Lipinski definition) is 1. The number of benzene rings is 2. The van der Waals surface area contributed by atoms with Crippen molar-refractivity contribution in [2.24, 2.45) is 11.1 Å². The summed E-state index contributed by atoms with van der Waals surface area (Å²) < 4.78 is 36.3. The van der Waals surface area contributed by atoms with Crippen molar-refractivity contribution in [1.29, 1.82) is 0 Å². The van der Waals surface area contributed by atoms with Gasteiger partial charge in [0.15, 0.2) is 0 Å². The van der Waals surface area contributed by atoms with Crippen LogP contribution in [0.3, 0.4) is 0 Å². The van der Waals surface area contributed by atoms with Gasteiger partial charge in [0.05, 0.1) is 0 Å². The second-order valence-corrected chi connectivity index (χ2v) is 7.81. The van der Waals surface area contributed by atoms with Gasteiger partial charge in [0, 0.05) is 35.8 Å². The Morgan fingerprint density at radius 3 is 2.22 bits per heavy atom. The van der Waals surface area contributed by atoms with Crippen molar-refractivity contribution in [3.8, 4) is 11.1 Å². The topological polar surface area (TPSA) is 30.9 Å². The highest BCUT2D eigenvalue weighted by Gasteiger charge is 2.18. The van der Waals surface area contributed by atoms with Crippen molar-refractivity contribution in [2.75, 3.05) is 6.93 Å². The molecule has 0 fully saturated rings. The standard InChI is InChI=1S/C21H25FN2.CH2F2/c1-14-7-5-6-8-16(14)18-10-20-17(9-19(18)22)15(11-23)12-24(20)13-21(2,3)4;2-1-3/h5-10,12H,11,13,23H2,1-4H3;1H2. The average Bonchev–Trinajstić information content (AvgIpc) is 2.90. The lowest BCUT2D eigenvalue weighted by Crippen LogP contribution is -2.14. The molecule has 2 aromatic carbocycles. The van der Waals surface area contributed by atoms with Crippen molar-refractivity contribution in [2.45, 2.75) is 40.8 Å². The van der Waals surface area contributed by atoms with E-state index in [1.165, 1.54) is 0 Å². The lowest BCUT2D eigenvalue weighted by atomic mass is 9.96. The Hall–Kier alpha value is -2.27. The first kappa shape index (κ1) is 21.0. The number of nitrogens with zero attached hydrogens (tertiary/aromatic N) is 1. The zero-order valence-electron chi connectivity index (χ0n) is 16.3. The zero-order valence-corrected chi connectivity index (χ0v) is 16.3. The molecule has 1 heterocycles. The molecule has 0 amide bonds. The molecule has 0 spiro atoms. The lowest BCUT2D eigenvalue weighted by Gasteiger charge is -2.20. The number of aryl methyl sites for hydroxylation is 1. The van der Waals surface area contributed by atoms with E-state index in [-0.39, 0.29) is 11.2 Å². The molecular weight excluding hydrogens is 349 g/mol. The van der Waals surface area contributed by atoms with Crippen LogP contribution in [0.2, 0.25) is 0 Å². The summed E-state index contributed by atoms with van der Waals surface area (Å²) in [5.41, 5.74) is 10.7. The van der Waals surface area contributed by atoms with Crippen LogP contribution in [-0.4, -0.2) is 11.5 Å². The Bertz CT molecular complexity index is 908. The van der Waals surface area contributed by atoms with Crippen LogP contribution in [0, 0.1) is 18.2 Å². The maximum Gasteiger partial charge on any atom is 0.229 e. The minimum absolute atomic E-state index is 0.134. The minimum Gasteiger partial charge on any atom is -0.347 e. The minimum atomic E-state index is -1.75. The molecule has 2 N–H and O–H groups in total. The predicted molar refractivity (Wildman–Crippen MR) is 106 cm³/mol. The van der Waals surface area contributed by atoms with E-state index in [2.05, 4.69) is 31.5 Å². The van der Waals surface area contributed by atoms with Crippen LogP contribution in [0.25, 0.3) is 22.0 Å². The fraction of sp³-hybridized carbons (Fsp3) is 0.364. The first-order chi connectivity index (χ1) is 12.7. The second-order valence-electron chi connectivity index (χ2n) is 7.81. The van der Waals surface area contributed by atoms with Crippen LogP contribution in [-0.2, 0) is 13.1 Å². The van der Waals surface area contributed by atoms with Crippen LogP contribution >= 0.6 is 0 Å². The molecule has 3 aromatic rings. The van der Waals surface area contributed by atoms with Crippen molar-refractivity contribution in [3.63, 3.8) is 0 Å². The number of aromatic nitrogens is 1. The van der Waals surface area contributed by atoms with Gasteiger partial charge in [0.25, 0.3) is 0 Å². The molecule has 146 valence electrons. The third-order valence-corrected chi connectivity index (χ3v) is 4.35. The molecule has 5 heteroatoms. The molecule has 0 saturated carbocycles. The molecule has 27 heavy (non-hydrogen) atoms. The van der Waals surface area contributed by atoms with E-state index < -0.39 is 6.93 Å². The van der Waals surface area contributed by atoms with Crippen LogP contribution in [0.1, 0.15) is 31.9 Å². The molecule has 1 aromatic heterocycles. The van der Waals surface area contributed by atoms with Crippen molar-refractivity contribution in [3.05, 3.63) is 59.5 Å². The summed E-state index contributed by atoms with van der Waals surface area (Å²) in [6.45, 7) is 8.14. The van der Waals surface area contributed by atoms with Gasteiger partial charge in [-0.1, -0.05) is 45.0 Å². The Kier molecular flexibility index (Phi) is 6.71. The van der Waals surface area contributed by atoms with E-state index in [0.29, 0.717) is 12.1 Å². The van der Waals surface area contributed by atoms with Gasteiger partial charge in [0.2, 0.25) is 6.93 Å². The van der Waals surface area contributed by atoms with Gasteiger partial charge in [-0.15, -0.1) is 0 Å². The van der Waals surface area contributed by atoms with Crippen LogP contribution in [0.15, 0.2) is 42.6 Å². The summed E-state index contributed by atoms with van der Waals surface area (Å²) in [7, 11) is 0. The molecular formula is C22H27F3N2. The highest BCUT2D eigenvalue weighted by atomic mass is 19.3. The first-order valence-electron chi connectivity index (χ1n) is 8.91. The molecule has 0 atom stereocenters. The van der Waals surface area contributed by atoms with E-state index in [4.69, 9.17) is 5.73 Å². The summed E-state index contributed by atoms with van der Waals surface area (Å²) in [5.74, 6) is -0.194. The van der Waals surface area contributed by atoms with Crippen molar-refractivity contribution in [1.82, 2.24) is 4.57 Å². The number of halogens is 3. The van der Waals surface area contributed by atoms with E-state index >= 15 is 0 Å². The Morgan fingerprint density at radius 2 is 1.67 bits per heavy atom. The van der Waals surface area contributed by atoms with Gasteiger partial charge in [-0.3, -0.25) is 0 Å². The van der Waals surface area contributed by atoms with E-state index in [1.54, 1.807) is 6.07 Å². The maximum absolute atomic E-state index is 14.8. The van der Waals surface area contributed by atoms with Gasteiger partial charge >= 0.3 is 0 Å². The molecule has 3 rings (SSSR count). The third-order valence-electron chi connectivity index (χ3n) is 4.35. The molecule has 0 aliphatic rings. The number of rotatable bonds is 3. The Labute approximate surface area is 158 Å². The molecule has 0 unspecified atom stereocenters. The lowest BCUT2D eigenvalue weighted by molar-refractivity contribution is 0.295. The van der Waals surface area contributed by atoms with E-state index in [0.717, 1.165) is 34.1 Å². The highest BCUT2D eigenvalue weighted by Crippen LogP contribution is 2.33. The average molecular weight is 376 g/mol. The Balaban J connectivity index is 0.000000817. The zero-order chi connectivity index (χ0) is 20.2. The number of fused-ring (bicyclic) bond motifs is 1. The van der Waals surface area contributed by atoms with Gasteiger partial charge in [0.1, 0.15) is 5.82 Å². The number of hydrogen-bond acceptors (Lipinski definition) is 1. The normalized spacial score (nSPS) is 11.4. The second kappa shape index (κ2) is 8.61. The third kappa shape index (κ3) is 4.92. The monoisotopic (exact) mass is 376 g/mol. The van der Waals surface area contributed by atoms with Gasteiger partial charge < -0.3 is 10.3 Å². The number of nitrogens with two attached hydrogens (primary N) is 1. The predicted octanol–water partition coefficient (Wildman–Crippen LogP) is 6.14. The van der Waals surface area contributed by atoms with Gasteiger partial charge in [-0.2, -0.15) is 0 Å². The van der Waals surface area contributed by atoms with E-state index in [9.17, 15) is 13.2 Å². The number of alkyl halides is 2. The summed E-state index contributed by atoms with van der Waals surface area (Å²) >= 11 is 0. The molecule has 0 radical (unpaired) electrons. The van der Waals surface area contributed by atoms with Crippen molar-refractivity contribution < 1.29 is 13.2 Å². The van der Waals surface area contributed by atoms with Gasteiger partial charge in [-0.25, -0.2) is 13.2 Å².